The highest BCUT2D eigenvalue weighted by Crippen LogP contribution is 2.27. The Balaban J connectivity index is 1.59. The number of nitrogens with zero attached hydrogens (tertiary/aromatic N) is 3. The molecule has 0 saturated heterocycles. The van der Waals surface area contributed by atoms with Gasteiger partial charge in [0, 0.05) is 11.6 Å². The molecule has 0 atom stereocenters. The van der Waals surface area contributed by atoms with E-state index in [0.29, 0.717) is 34.0 Å². The van der Waals surface area contributed by atoms with E-state index < -0.39 is 0 Å². The van der Waals surface area contributed by atoms with Gasteiger partial charge in [-0.15, -0.1) is 5.10 Å². The minimum Gasteiger partial charge on any atom is -0.497 e. The van der Waals surface area contributed by atoms with E-state index in [4.69, 9.17) is 27.9 Å². The molecule has 0 amide bonds. The molecule has 2 N–H and O–H groups in total. The van der Waals surface area contributed by atoms with Gasteiger partial charge in [0.15, 0.2) is 5.82 Å². The van der Waals surface area contributed by atoms with Crippen LogP contribution in [0.15, 0.2) is 48.7 Å². The summed E-state index contributed by atoms with van der Waals surface area (Å²) in [6.07, 6.45) is 2.34. The summed E-state index contributed by atoms with van der Waals surface area (Å²) in [6, 6.07) is 13.1. The number of benzene rings is 2. The van der Waals surface area contributed by atoms with Gasteiger partial charge in [0.25, 0.3) is 0 Å². The average molecular weight is 390 g/mol. The number of hydrogen-bond donors (Lipinski definition) is 2. The highest BCUT2D eigenvalue weighted by Gasteiger charge is 2.05. The standard InChI is InChI=1S/C18H17Cl2N5O/c1-26-14-5-2-12(3-6-14)8-9-21-18-24-17(11-22-25-18)23-16-10-13(19)4-7-15(16)20/h2-7,10-11H,8-9H2,1H3,(H2,21,23,24,25). The minimum absolute atomic E-state index is 0.432. The predicted octanol–water partition coefficient (Wildman–Crippen LogP) is 4.59. The SMILES string of the molecule is COc1ccc(CCNc2nncc(Nc3cc(Cl)ccc3Cl)n2)cc1. The molecule has 0 aliphatic rings. The molecular weight excluding hydrogens is 373 g/mol. The number of methoxy groups -OCH3 is 1. The number of nitrogens with one attached hydrogen (secondary N) is 2. The molecule has 0 fully saturated rings. The normalized spacial score (nSPS) is 10.4. The first-order valence-corrected chi connectivity index (χ1v) is 8.68. The van der Waals surface area contributed by atoms with Crippen LogP contribution in [0.25, 0.3) is 0 Å². The molecule has 8 heteroatoms. The summed E-state index contributed by atoms with van der Waals surface area (Å²) in [5.74, 6) is 1.80. The van der Waals surface area contributed by atoms with Crippen LogP contribution in [0.1, 0.15) is 5.56 Å². The summed E-state index contributed by atoms with van der Waals surface area (Å²) in [7, 11) is 1.65. The molecule has 0 aliphatic carbocycles. The first kappa shape index (κ1) is 18.2. The topological polar surface area (TPSA) is 72.0 Å². The molecule has 134 valence electrons. The Kier molecular flexibility index (Phi) is 6.09. The van der Waals surface area contributed by atoms with E-state index >= 15 is 0 Å². The van der Waals surface area contributed by atoms with Gasteiger partial charge in [-0.25, -0.2) is 0 Å². The van der Waals surface area contributed by atoms with Crippen molar-refractivity contribution >= 4 is 40.7 Å². The van der Waals surface area contributed by atoms with Crippen molar-refractivity contribution < 1.29 is 4.74 Å². The van der Waals surface area contributed by atoms with Crippen LogP contribution in [0.4, 0.5) is 17.5 Å². The highest BCUT2D eigenvalue weighted by atomic mass is 35.5. The molecule has 26 heavy (non-hydrogen) atoms. The molecule has 0 bridgehead atoms. The van der Waals surface area contributed by atoms with Gasteiger partial charge < -0.3 is 15.4 Å². The second-order valence-electron chi connectivity index (χ2n) is 5.44. The Morgan fingerprint density at radius 1 is 1.08 bits per heavy atom. The van der Waals surface area contributed by atoms with Crippen LogP contribution in [0, 0.1) is 0 Å². The van der Waals surface area contributed by atoms with E-state index in [1.165, 1.54) is 11.8 Å². The number of ether oxygens (including phenoxy) is 1. The van der Waals surface area contributed by atoms with Gasteiger partial charge in [-0.1, -0.05) is 35.3 Å². The Bertz CT molecular complexity index is 874. The third-order valence-electron chi connectivity index (χ3n) is 3.61. The smallest absolute Gasteiger partial charge is 0.244 e. The molecule has 1 aromatic heterocycles. The molecule has 0 unspecified atom stereocenters. The van der Waals surface area contributed by atoms with E-state index in [1.807, 2.05) is 24.3 Å². The van der Waals surface area contributed by atoms with Crippen molar-refractivity contribution in [1.29, 1.82) is 0 Å². The third kappa shape index (κ3) is 4.97. The number of aromatic nitrogens is 3. The number of anilines is 3. The first-order valence-electron chi connectivity index (χ1n) is 7.92. The number of halogens is 2. The molecule has 0 radical (unpaired) electrons. The summed E-state index contributed by atoms with van der Waals surface area (Å²) in [6.45, 7) is 0.676. The van der Waals surface area contributed by atoms with Crippen LogP contribution in [0.3, 0.4) is 0 Å². The zero-order chi connectivity index (χ0) is 18.4. The van der Waals surface area contributed by atoms with E-state index in [9.17, 15) is 0 Å². The zero-order valence-corrected chi connectivity index (χ0v) is 15.6. The lowest BCUT2D eigenvalue weighted by Gasteiger charge is -2.09. The second-order valence-corrected chi connectivity index (χ2v) is 6.28. The fourth-order valence-electron chi connectivity index (χ4n) is 2.28. The zero-order valence-electron chi connectivity index (χ0n) is 14.0. The second kappa shape index (κ2) is 8.69. The van der Waals surface area contributed by atoms with E-state index in [-0.39, 0.29) is 0 Å². The lowest BCUT2D eigenvalue weighted by atomic mass is 10.1. The average Bonchev–Trinajstić information content (AvgIpc) is 2.66. The van der Waals surface area contributed by atoms with Gasteiger partial charge in [0.2, 0.25) is 5.95 Å². The Morgan fingerprint density at radius 2 is 1.88 bits per heavy atom. The van der Waals surface area contributed by atoms with Crippen molar-refractivity contribution in [3.05, 3.63) is 64.3 Å². The van der Waals surface area contributed by atoms with Crippen LogP contribution in [-0.4, -0.2) is 28.8 Å². The van der Waals surface area contributed by atoms with E-state index in [2.05, 4.69) is 25.8 Å². The summed E-state index contributed by atoms with van der Waals surface area (Å²) in [5, 5.41) is 15.3. The Labute approximate surface area is 161 Å². The van der Waals surface area contributed by atoms with Gasteiger partial charge >= 0.3 is 0 Å². The molecule has 1 heterocycles. The predicted molar refractivity (Wildman–Crippen MR) is 105 cm³/mol. The summed E-state index contributed by atoms with van der Waals surface area (Å²) < 4.78 is 5.15. The van der Waals surface area contributed by atoms with Crippen molar-refractivity contribution in [1.82, 2.24) is 15.2 Å². The van der Waals surface area contributed by atoms with Crippen LogP contribution in [0.5, 0.6) is 5.75 Å². The molecule has 0 saturated carbocycles. The quantitative estimate of drug-likeness (QED) is 0.615. The molecule has 3 aromatic rings. The maximum absolute atomic E-state index is 6.15. The van der Waals surface area contributed by atoms with Gasteiger partial charge in [-0.2, -0.15) is 10.1 Å². The van der Waals surface area contributed by atoms with E-state index in [0.717, 1.165) is 12.2 Å². The van der Waals surface area contributed by atoms with Crippen LogP contribution in [0.2, 0.25) is 10.0 Å². The third-order valence-corrected chi connectivity index (χ3v) is 4.17. The van der Waals surface area contributed by atoms with Crippen molar-refractivity contribution in [3.8, 4) is 5.75 Å². The minimum atomic E-state index is 0.432. The molecular formula is C18H17Cl2N5O. The highest BCUT2D eigenvalue weighted by molar-refractivity contribution is 6.35. The first-order chi connectivity index (χ1) is 12.6. The molecule has 3 rings (SSSR count). The fraction of sp³-hybridized carbons (Fsp3) is 0.167. The lowest BCUT2D eigenvalue weighted by molar-refractivity contribution is 0.414. The maximum atomic E-state index is 6.15. The van der Waals surface area contributed by atoms with Gasteiger partial charge in [0.05, 0.1) is 24.0 Å². The van der Waals surface area contributed by atoms with Crippen molar-refractivity contribution in [3.63, 3.8) is 0 Å². The van der Waals surface area contributed by atoms with Gasteiger partial charge in [-0.05, 0) is 42.3 Å². The number of rotatable bonds is 7. The lowest BCUT2D eigenvalue weighted by Crippen LogP contribution is -2.09. The summed E-state index contributed by atoms with van der Waals surface area (Å²) in [5.41, 5.74) is 1.84. The Morgan fingerprint density at radius 3 is 2.65 bits per heavy atom. The summed E-state index contributed by atoms with van der Waals surface area (Å²) >= 11 is 12.1. The van der Waals surface area contributed by atoms with Crippen molar-refractivity contribution in [2.45, 2.75) is 6.42 Å². The fourth-order valence-corrected chi connectivity index (χ4v) is 2.62. The molecule has 0 aliphatic heterocycles. The Hall–Kier alpha value is -2.57. The van der Waals surface area contributed by atoms with Crippen LogP contribution >= 0.6 is 23.2 Å². The molecule has 6 nitrogen and oxygen atoms in total. The van der Waals surface area contributed by atoms with E-state index in [1.54, 1.807) is 25.3 Å². The van der Waals surface area contributed by atoms with Crippen LogP contribution < -0.4 is 15.4 Å². The van der Waals surface area contributed by atoms with Crippen molar-refractivity contribution in [2.75, 3.05) is 24.3 Å². The van der Waals surface area contributed by atoms with Crippen LogP contribution in [-0.2, 0) is 6.42 Å². The van der Waals surface area contributed by atoms with Gasteiger partial charge in [0.1, 0.15) is 5.75 Å². The maximum Gasteiger partial charge on any atom is 0.244 e. The summed E-state index contributed by atoms with van der Waals surface area (Å²) in [4.78, 5) is 4.38. The molecule has 2 aromatic carbocycles. The largest absolute Gasteiger partial charge is 0.497 e. The molecule has 0 spiro atoms. The van der Waals surface area contributed by atoms with Crippen molar-refractivity contribution in [2.24, 2.45) is 0 Å². The van der Waals surface area contributed by atoms with Gasteiger partial charge in [-0.3, -0.25) is 0 Å². The monoisotopic (exact) mass is 389 g/mol. The number of hydrogen-bond acceptors (Lipinski definition) is 6.